The van der Waals surface area contributed by atoms with Crippen LogP contribution in [-0.4, -0.2) is 35.1 Å². The number of carboxylic acid groups (broad SMARTS) is 1. The molecule has 0 saturated heterocycles. The molecule has 7 nitrogen and oxygen atoms in total. The van der Waals surface area contributed by atoms with Gasteiger partial charge in [0.25, 0.3) is 0 Å². The molecule has 20 heavy (non-hydrogen) atoms. The maximum absolute atomic E-state index is 12.2. The fourth-order valence-corrected chi connectivity index (χ4v) is 2.16. The average molecular weight is 277 g/mol. The van der Waals surface area contributed by atoms with Gasteiger partial charge in [-0.05, 0) is 18.6 Å². The lowest BCUT2D eigenvalue weighted by molar-refractivity contribution is -0.138. The maximum Gasteiger partial charge on any atom is 0.327 e. The number of anilines is 1. The standard InChI is InChI=1S/C13H15N3O4/c1-7(11(14)17)15-13(20)16-9-5-3-2-4-8(9)6-10(16)12(18)19/h2-5,7,10H,6H2,1H3,(H2,14,17)(H,15,20)(H,18,19). The molecular weight excluding hydrogens is 262 g/mol. The van der Waals surface area contributed by atoms with Crippen LogP contribution in [0.5, 0.6) is 0 Å². The highest BCUT2D eigenvalue weighted by molar-refractivity contribution is 6.02. The highest BCUT2D eigenvalue weighted by atomic mass is 16.4. The summed E-state index contributed by atoms with van der Waals surface area (Å²) in [6.07, 6.45) is 0.240. The number of hydrogen-bond acceptors (Lipinski definition) is 3. The molecule has 7 heteroatoms. The number of urea groups is 1. The summed E-state index contributed by atoms with van der Waals surface area (Å²) in [6, 6.07) is 4.46. The molecule has 1 aromatic rings. The van der Waals surface area contributed by atoms with Crippen molar-refractivity contribution in [2.45, 2.75) is 25.4 Å². The summed E-state index contributed by atoms with van der Waals surface area (Å²) < 4.78 is 0. The van der Waals surface area contributed by atoms with Crippen LogP contribution in [0.2, 0.25) is 0 Å². The van der Waals surface area contributed by atoms with E-state index in [0.29, 0.717) is 5.69 Å². The number of aliphatic carboxylic acids is 1. The monoisotopic (exact) mass is 277 g/mol. The van der Waals surface area contributed by atoms with Gasteiger partial charge in [-0.1, -0.05) is 18.2 Å². The topological polar surface area (TPSA) is 113 Å². The van der Waals surface area contributed by atoms with E-state index in [2.05, 4.69) is 5.32 Å². The van der Waals surface area contributed by atoms with Gasteiger partial charge in [-0.3, -0.25) is 9.69 Å². The number of carbonyl (C=O) groups excluding carboxylic acids is 2. The lowest BCUT2D eigenvalue weighted by Gasteiger charge is -2.24. The molecule has 0 fully saturated rings. The fourth-order valence-electron chi connectivity index (χ4n) is 2.16. The summed E-state index contributed by atoms with van der Waals surface area (Å²) >= 11 is 0. The van der Waals surface area contributed by atoms with Crippen molar-refractivity contribution in [1.29, 1.82) is 0 Å². The maximum atomic E-state index is 12.2. The van der Waals surface area contributed by atoms with Crippen LogP contribution in [0.25, 0.3) is 0 Å². The van der Waals surface area contributed by atoms with Gasteiger partial charge in [-0.15, -0.1) is 0 Å². The minimum atomic E-state index is -1.09. The van der Waals surface area contributed by atoms with Crippen molar-refractivity contribution in [3.63, 3.8) is 0 Å². The molecular formula is C13H15N3O4. The number of para-hydroxylation sites is 1. The molecule has 0 aromatic heterocycles. The number of nitrogens with two attached hydrogens (primary N) is 1. The Bertz CT molecular complexity index is 572. The van der Waals surface area contributed by atoms with Gasteiger partial charge in [0.15, 0.2) is 0 Å². The summed E-state index contributed by atoms with van der Waals surface area (Å²) in [5.41, 5.74) is 6.40. The first-order chi connectivity index (χ1) is 9.41. The predicted octanol–water partition coefficient (Wildman–Crippen LogP) is 0.0857. The Balaban J connectivity index is 2.29. The zero-order valence-electron chi connectivity index (χ0n) is 10.9. The Labute approximate surface area is 115 Å². The van der Waals surface area contributed by atoms with Crippen LogP contribution in [0.1, 0.15) is 12.5 Å². The zero-order chi connectivity index (χ0) is 14.9. The number of nitrogens with one attached hydrogen (secondary N) is 1. The van der Waals surface area contributed by atoms with Crippen LogP contribution in [0.15, 0.2) is 24.3 Å². The molecule has 1 aromatic carbocycles. The minimum absolute atomic E-state index is 0.240. The van der Waals surface area contributed by atoms with E-state index in [1.54, 1.807) is 24.3 Å². The van der Waals surface area contributed by atoms with Gasteiger partial charge in [-0.2, -0.15) is 0 Å². The molecule has 0 bridgehead atoms. The van der Waals surface area contributed by atoms with Crippen LogP contribution < -0.4 is 16.0 Å². The molecule has 3 amide bonds. The molecule has 1 heterocycles. The highest BCUT2D eigenvalue weighted by Gasteiger charge is 2.38. The van der Waals surface area contributed by atoms with Crippen molar-refractivity contribution in [2.75, 3.05) is 4.90 Å². The Morgan fingerprint density at radius 1 is 1.40 bits per heavy atom. The van der Waals surface area contributed by atoms with Gasteiger partial charge in [0.2, 0.25) is 5.91 Å². The third kappa shape index (κ3) is 2.42. The predicted molar refractivity (Wildman–Crippen MR) is 71.2 cm³/mol. The first-order valence-corrected chi connectivity index (χ1v) is 6.11. The largest absolute Gasteiger partial charge is 0.480 e. The Morgan fingerprint density at radius 2 is 2.05 bits per heavy atom. The van der Waals surface area contributed by atoms with Crippen molar-refractivity contribution in [3.8, 4) is 0 Å². The van der Waals surface area contributed by atoms with E-state index in [9.17, 15) is 19.5 Å². The molecule has 0 aliphatic carbocycles. The summed E-state index contributed by atoms with van der Waals surface area (Å²) in [4.78, 5) is 35.6. The average Bonchev–Trinajstić information content (AvgIpc) is 2.77. The van der Waals surface area contributed by atoms with E-state index >= 15 is 0 Å². The molecule has 2 rings (SSSR count). The van der Waals surface area contributed by atoms with Gasteiger partial charge in [-0.25, -0.2) is 9.59 Å². The summed E-state index contributed by atoms with van der Waals surface area (Å²) in [5, 5.41) is 11.6. The molecule has 2 unspecified atom stereocenters. The molecule has 1 aliphatic heterocycles. The smallest absolute Gasteiger partial charge is 0.327 e. The van der Waals surface area contributed by atoms with E-state index in [1.807, 2.05) is 0 Å². The third-order valence-corrected chi connectivity index (χ3v) is 3.25. The Kier molecular flexibility index (Phi) is 3.60. The number of benzene rings is 1. The second kappa shape index (κ2) is 5.20. The number of nitrogens with zero attached hydrogens (tertiary/aromatic N) is 1. The number of primary amides is 1. The summed E-state index contributed by atoms with van der Waals surface area (Å²) in [7, 11) is 0. The summed E-state index contributed by atoms with van der Waals surface area (Å²) in [6.45, 7) is 1.44. The molecule has 2 atom stereocenters. The zero-order valence-corrected chi connectivity index (χ0v) is 10.9. The van der Waals surface area contributed by atoms with Gasteiger partial charge >= 0.3 is 12.0 Å². The molecule has 1 aliphatic rings. The SMILES string of the molecule is CC(NC(=O)N1c2ccccc2CC1C(=O)O)C(N)=O. The number of rotatable bonds is 3. The Morgan fingerprint density at radius 3 is 2.65 bits per heavy atom. The molecule has 0 radical (unpaired) electrons. The number of fused-ring (bicyclic) bond motifs is 1. The van der Waals surface area contributed by atoms with Crippen LogP contribution in [-0.2, 0) is 16.0 Å². The lowest BCUT2D eigenvalue weighted by atomic mass is 10.1. The van der Waals surface area contributed by atoms with Crippen LogP contribution >= 0.6 is 0 Å². The normalized spacial score (nSPS) is 18.2. The fraction of sp³-hybridized carbons (Fsp3) is 0.308. The van der Waals surface area contributed by atoms with Gasteiger partial charge in [0.05, 0.1) is 0 Å². The lowest BCUT2D eigenvalue weighted by Crippen LogP contribution is -2.52. The van der Waals surface area contributed by atoms with E-state index in [0.717, 1.165) is 10.5 Å². The van der Waals surface area contributed by atoms with Crippen molar-refractivity contribution in [2.24, 2.45) is 5.73 Å². The van der Waals surface area contributed by atoms with Gasteiger partial charge in [0, 0.05) is 12.1 Å². The Hall–Kier alpha value is -2.57. The molecule has 0 saturated carbocycles. The number of carboxylic acids is 1. The van der Waals surface area contributed by atoms with Gasteiger partial charge < -0.3 is 16.2 Å². The van der Waals surface area contributed by atoms with Crippen LogP contribution in [0, 0.1) is 0 Å². The van der Waals surface area contributed by atoms with Gasteiger partial charge in [0.1, 0.15) is 12.1 Å². The quantitative estimate of drug-likeness (QED) is 0.726. The van der Waals surface area contributed by atoms with E-state index < -0.39 is 30.0 Å². The minimum Gasteiger partial charge on any atom is -0.480 e. The van der Waals surface area contributed by atoms with Crippen LogP contribution in [0.4, 0.5) is 10.5 Å². The first-order valence-electron chi connectivity index (χ1n) is 6.11. The van der Waals surface area contributed by atoms with Crippen molar-refractivity contribution >= 4 is 23.6 Å². The third-order valence-electron chi connectivity index (χ3n) is 3.25. The van der Waals surface area contributed by atoms with Crippen molar-refractivity contribution in [3.05, 3.63) is 29.8 Å². The molecule has 0 spiro atoms. The number of carbonyl (C=O) groups is 3. The molecule has 4 N–H and O–H groups in total. The van der Waals surface area contributed by atoms with Crippen LogP contribution in [0.3, 0.4) is 0 Å². The number of amides is 3. The summed E-state index contributed by atoms with van der Waals surface area (Å²) in [5.74, 6) is -1.78. The van der Waals surface area contributed by atoms with E-state index in [4.69, 9.17) is 5.73 Å². The number of hydrogen-bond donors (Lipinski definition) is 3. The van der Waals surface area contributed by atoms with E-state index in [1.165, 1.54) is 6.92 Å². The molecule has 106 valence electrons. The van der Waals surface area contributed by atoms with E-state index in [-0.39, 0.29) is 6.42 Å². The first kappa shape index (κ1) is 13.9. The highest BCUT2D eigenvalue weighted by Crippen LogP contribution is 2.32. The van der Waals surface area contributed by atoms with Crippen molar-refractivity contribution < 1.29 is 19.5 Å². The van der Waals surface area contributed by atoms with Crippen molar-refractivity contribution in [1.82, 2.24) is 5.32 Å². The second-order valence-corrected chi connectivity index (χ2v) is 4.63. The second-order valence-electron chi connectivity index (χ2n) is 4.63.